The number of hydrogen-bond donors (Lipinski definition) is 1. The van der Waals surface area contributed by atoms with Gasteiger partial charge in [-0.3, -0.25) is 0 Å². The van der Waals surface area contributed by atoms with Crippen molar-refractivity contribution in [3.8, 4) is 0 Å². The van der Waals surface area contributed by atoms with Crippen LogP contribution in [0.25, 0.3) is 0 Å². The standard InChI is InChI=1S/C15H21NO2/c1-8-9(2)11(4)14(12(5)10(8)3)13-6-7-18-15(17)16-13/h13H,6-7H2,1-5H3,(H,16,17)/t13-/m0/s1. The first-order valence-corrected chi connectivity index (χ1v) is 6.43. The lowest BCUT2D eigenvalue weighted by Gasteiger charge is -2.29. The first kappa shape index (κ1) is 12.9. The van der Waals surface area contributed by atoms with E-state index in [-0.39, 0.29) is 12.1 Å². The second-order valence-electron chi connectivity index (χ2n) is 5.16. The van der Waals surface area contributed by atoms with Crippen LogP contribution in [0.2, 0.25) is 0 Å². The Morgan fingerprint density at radius 2 is 1.44 bits per heavy atom. The topological polar surface area (TPSA) is 38.3 Å². The van der Waals surface area contributed by atoms with Gasteiger partial charge in [-0.1, -0.05) is 0 Å². The molecular weight excluding hydrogens is 226 g/mol. The van der Waals surface area contributed by atoms with Crippen LogP contribution in [0.3, 0.4) is 0 Å². The first-order valence-electron chi connectivity index (χ1n) is 6.43. The number of rotatable bonds is 1. The molecule has 1 aliphatic heterocycles. The third-order valence-electron chi connectivity index (χ3n) is 4.34. The summed E-state index contributed by atoms with van der Waals surface area (Å²) in [7, 11) is 0. The van der Waals surface area contributed by atoms with Crippen molar-refractivity contribution in [3.05, 3.63) is 33.4 Å². The minimum absolute atomic E-state index is 0.0873. The average Bonchev–Trinajstić information content (AvgIpc) is 2.34. The lowest BCUT2D eigenvalue weighted by Crippen LogP contribution is -2.36. The minimum Gasteiger partial charge on any atom is -0.449 e. The van der Waals surface area contributed by atoms with Gasteiger partial charge in [0.05, 0.1) is 12.6 Å². The molecule has 3 heteroatoms. The highest BCUT2D eigenvalue weighted by Crippen LogP contribution is 2.32. The summed E-state index contributed by atoms with van der Waals surface area (Å²) in [6.07, 6.45) is 0.538. The molecular formula is C15H21NO2. The summed E-state index contributed by atoms with van der Waals surface area (Å²) < 4.78 is 4.94. The molecule has 1 aromatic rings. The average molecular weight is 247 g/mol. The van der Waals surface area contributed by atoms with Gasteiger partial charge >= 0.3 is 6.09 Å². The number of alkyl carbamates (subject to hydrolysis) is 1. The monoisotopic (exact) mass is 247 g/mol. The Bertz CT molecular complexity index is 477. The number of ether oxygens (including phenoxy) is 1. The molecule has 1 heterocycles. The normalized spacial score (nSPS) is 19.4. The Hall–Kier alpha value is -1.51. The van der Waals surface area contributed by atoms with Gasteiger partial charge < -0.3 is 10.1 Å². The summed E-state index contributed by atoms with van der Waals surface area (Å²) in [5.74, 6) is 0. The second kappa shape index (κ2) is 4.63. The summed E-state index contributed by atoms with van der Waals surface area (Å²) >= 11 is 0. The van der Waals surface area contributed by atoms with E-state index in [1.807, 2.05) is 0 Å². The molecule has 0 spiro atoms. The molecule has 0 unspecified atom stereocenters. The Morgan fingerprint density at radius 3 is 1.94 bits per heavy atom. The van der Waals surface area contributed by atoms with Gasteiger partial charge in [0.15, 0.2) is 0 Å². The molecule has 98 valence electrons. The summed E-state index contributed by atoms with van der Waals surface area (Å²) in [5, 5.41) is 2.93. The van der Waals surface area contributed by atoms with Crippen molar-refractivity contribution in [1.82, 2.24) is 5.32 Å². The van der Waals surface area contributed by atoms with E-state index in [4.69, 9.17) is 4.74 Å². The van der Waals surface area contributed by atoms with Crippen molar-refractivity contribution in [3.63, 3.8) is 0 Å². The molecule has 0 aromatic heterocycles. The van der Waals surface area contributed by atoms with Crippen molar-refractivity contribution >= 4 is 6.09 Å². The lowest BCUT2D eigenvalue weighted by atomic mass is 9.85. The summed E-state index contributed by atoms with van der Waals surface area (Å²) in [4.78, 5) is 11.4. The molecule has 0 aliphatic carbocycles. The van der Waals surface area contributed by atoms with Gasteiger partial charge in [-0.15, -0.1) is 0 Å². The van der Waals surface area contributed by atoms with Crippen LogP contribution in [0.15, 0.2) is 0 Å². The van der Waals surface area contributed by atoms with Crippen LogP contribution in [0.1, 0.15) is 45.8 Å². The van der Waals surface area contributed by atoms with Gasteiger partial charge in [-0.05, 0) is 68.0 Å². The largest absolute Gasteiger partial charge is 0.449 e. The number of carbonyl (C=O) groups is 1. The van der Waals surface area contributed by atoms with Crippen molar-refractivity contribution in [2.24, 2.45) is 0 Å². The number of amides is 1. The fourth-order valence-electron chi connectivity index (χ4n) is 2.79. The first-order chi connectivity index (χ1) is 8.43. The van der Waals surface area contributed by atoms with Crippen LogP contribution < -0.4 is 5.32 Å². The van der Waals surface area contributed by atoms with E-state index in [2.05, 4.69) is 39.9 Å². The van der Waals surface area contributed by atoms with Crippen molar-refractivity contribution in [1.29, 1.82) is 0 Å². The predicted molar refractivity (Wildman–Crippen MR) is 72.0 cm³/mol. The van der Waals surface area contributed by atoms with E-state index in [1.165, 1.54) is 33.4 Å². The highest BCUT2D eigenvalue weighted by molar-refractivity contribution is 5.69. The van der Waals surface area contributed by atoms with Crippen LogP contribution in [0.4, 0.5) is 4.79 Å². The predicted octanol–water partition coefficient (Wildman–Crippen LogP) is 3.40. The molecule has 1 N–H and O–H groups in total. The number of benzene rings is 1. The Labute approximate surface area is 109 Å². The van der Waals surface area contributed by atoms with E-state index < -0.39 is 0 Å². The van der Waals surface area contributed by atoms with Crippen LogP contribution in [-0.4, -0.2) is 12.7 Å². The molecule has 1 fully saturated rings. The second-order valence-corrected chi connectivity index (χ2v) is 5.16. The van der Waals surface area contributed by atoms with Gasteiger partial charge in [-0.2, -0.15) is 0 Å². The number of carbonyl (C=O) groups excluding carboxylic acids is 1. The molecule has 1 aromatic carbocycles. The highest BCUT2D eigenvalue weighted by atomic mass is 16.5. The SMILES string of the molecule is Cc1c(C)c(C)c([C@@H]2CCOC(=O)N2)c(C)c1C. The number of hydrogen-bond acceptors (Lipinski definition) is 2. The van der Waals surface area contributed by atoms with Gasteiger partial charge in [0.1, 0.15) is 0 Å². The van der Waals surface area contributed by atoms with E-state index in [0.29, 0.717) is 6.61 Å². The third-order valence-corrected chi connectivity index (χ3v) is 4.34. The Balaban J connectivity index is 2.53. The van der Waals surface area contributed by atoms with E-state index in [9.17, 15) is 4.79 Å². The summed E-state index contributed by atoms with van der Waals surface area (Å²) in [5.41, 5.74) is 7.87. The minimum atomic E-state index is -0.305. The number of cyclic esters (lactones) is 1. The van der Waals surface area contributed by atoms with Gasteiger partial charge in [0, 0.05) is 6.42 Å². The zero-order chi connectivity index (χ0) is 13.4. The van der Waals surface area contributed by atoms with Crippen molar-refractivity contribution in [2.45, 2.75) is 47.1 Å². The van der Waals surface area contributed by atoms with Crippen LogP contribution in [-0.2, 0) is 4.74 Å². The van der Waals surface area contributed by atoms with Gasteiger partial charge in [-0.25, -0.2) is 4.79 Å². The quantitative estimate of drug-likeness (QED) is 0.826. The zero-order valence-corrected chi connectivity index (χ0v) is 11.8. The summed E-state index contributed by atoms with van der Waals surface area (Å²) in [6.45, 7) is 11.3. The fraction of sp³-hybridized carbons (Fsp3) is 0.533. The maximum atomic E-state index is 11.4. The maximum Gasteiger partial charge on any atom is 0.407 e. The highest BCUT2D eigenvalue weighted by Gasteiger charge is 2.25. The molecule has 18 heavy (non-hydrogen) atoms. The fourth-order valence-corrected chi connectivity index (χ4v) is 2.79. The van der Waals surface area contributed by atoms with Crippen LogP contribution in [0.5, 0.6) is 0 Å². The molecule has 0 saturated carbocycles. The molecule has 0 bridgehead atoms. The third kappa shape index (κ3) is 1.98. The van der Waals surface area contributed by atoms with Crippen LogP contribution >= 0.6 is 0 Å². The zero-order valence-electron chi connectivity index (χ0n) is 11.8. The van der Waals surface area contributed by atoms with E-state index in [1.54, 1.807) is 0 Å². The molecule has 0 radical (unpaired) electrons. The van der Waals surface area contributed by atoms with Crippen LogP contribution in [0, 0.1) is 34.6 Å². The summed E-state index contributed by atoms with van der Waals surface area (Å²) in [6, 6.07) is 0.0873. The molecule has 2 rings (SSSR count). The van der Waals surface area contributed by atoms with Gasteiger partial charge in [0.25, 0.3) is 0 Å². The molecule has 1 aliphatic rings. The smallest absolute Gasteiger partial charge is 0.407 e. The Kier molecular flexibility index (Phi) is 3.33. The molecule has 1 amide bonds. The maximum absolute atomic E-state index is 11.4. The van der Waals surface area contributed by atoms with E-state index in [0.717, 1.165) is 6.42 Å². The lowest BCUT2D eigenvalue weighted by molar-refractivity contribution is 0.115. The van der Waals surface area contributed by atoms with E-state index >= 15 is 0 Å². The Morgan fingerprint density at radius 1 is 0.944 bits per heavy atom. The van der Waals surface area contributed by atoms with Crippen molar-refractivity contribution < 1.29 is 9.53 Å². The molecule has 1 saturated heterocycles. The number of nitrogens with one attached hydrogen (secondary N) is 1. The molecule has 3 nitrogen and oxygen atoms in total. The van der Waals surface area contributed by atoms with Gasteiger partial charge in [0.2, 0.25) is 0 Å². The molecule has 1 atom stereocenters. The van der Waals surface area contributed by atoms with Crippen molar-refractivity contribution in [2.75, 3.05) is 6.61 Å².